The summed E-state index contributed by atoms with van der Waals surface area (Å²) in [5, 5.41) is 28.0. The fourth-order valence-corrected chi connectivity index (χ4v) is 6.65. The molecular formula is C36H47B2N12SeU. The molecule has 6 heterocycles. The number of aryl methyl sites for hydroxylation is 12. The Labute approximate surface area is 339 Å². The molecule has 1 aromatic carbocycles. The third-order valence-corrected chi connectivity index (χ3v) is 8.89. The fraction of sp³-hybridized carbons (Fsp3) is 0.333. The van der Waals surface area contributed by atoms with E-state index in [-0.39, 0.29) is 45.3 Å². The first kappa shape index (κ1) is 40.9. The molecule has 267 valence electrons. The van der Waals surface area contributed by atoms with E-state index in [4.69, 9.17) is 0 Å². The third kappa shape index (κ3) is 9.39. The molecule has 0 spiro atoms. The smallest absolute Gasteiger partial charge is 0 e. The standard InChI is InChI=1S/2C15H21BN6.C6H5Se.U/c2*1-10-7-13(4)20(17-10)16(21-14(5)8-11(2)18-21)22-15(6)9-12(3)19-22;7-6-4-2-1-3-5-6;/h2*7-9H,1-6H3;1-5H;. The van der Waals surface area contributed by atoms with E-state index in [2.05, 4.69) is 125 Å². The summed E-state index contributed by atoms with van der Waals surface area (Å²) in [6.07, 6.45) is 0. The Balaban J connectivity index is 0.000000193. The van der Waals surface area contributed by atoms with E-state index in [9.17, 15) is 0 Å². The van der Waals surface area contributed by atoms with Gasteiger partial charge in [-0.15, -0.1) is 0 Å². The quantitative estimate of drug-likeness (QED) is 0.226. The van der Waals surface area contributed by atoms with Gasteiger partial charge in [-0.1, -0.05) is 0 Å². The summed E-state index contributed by atoms with van der Waals surface area (Å²) < 4.78 is 13.1. The molecule has 0 atom stereocenters. The van der Waals surface area contributed by atoms with E-state index in [0.717, 1.165) is 68.3 Å². The van der Waals surface area contributed by atoms with Gasteiger partial charge in [0.25, 0.3) is 0 Å². The van der Waals surface area contributed by atoms with Crippen LogP contribution in [0, 0.1) is 114 Å². The number of hydrogen-bond donors (Lipinski definition) is 0. The normalized spacial score (nSPS) is 10.6. The van der Waals surface area contributed by atoms with Gasteiger partial charge in [-0.3, -0.25) is 27.6 Å². The van der Waals surface area contributed by atoms with E-state index >= 15 is 0 Å². The first-order valence-corrected chi connectivity index (χ1v) is 17.9. The van der Waals surface area contributed by atoms with Crippen molar-refractivity contribution in [1.82, 2.24) is 58.1 Å². The molecule has 0 fully saturated rings. The van der Waals surface area contributed by atoms with Crippen LogP contribution in [-0.4, -0.2) is 88.4 Å². The van der Waals surface area contributed by atoms with Crippen LogP contribution in [0.15, 0.2) is 66.7 Å². The van der Waals surface area contributed by atoms with Gasteiger partial charge in [-0.25, -0.2) is 0 Å². The maximum absolute atomic E-state index is 4.66. The maximum atomic E-state index is 4.66. The Morgan fingerprint density at radius 3 is 0.673 bits per heavy atom. The molecule has 0 saturated carbocycles. The van der Waals surface area contributed by atoms with Gasteiger partial charge in [0.1, 0.15) is 0 Å². The van der Waals surface area contributed by atoms with Crippen molar-refractivity contribution < 1.29 is 31.1 Å². The molecule has 0 bridgehead atoms. The molecule has 0 aliphatic carbocycles. The van der Waals surface area contributed by atoms with Crippen molar-refractivity contribution in [2.45, 2.75) is 83.1 Å². The van der Waals surface area contributed by atoms with Crippen LogP contribution in [0.4, 0.5) is 0 Å². The zero-order valence-corrected chi connectivity index (χ0v) is 38.2. The SMILES string of the molecule is Cc1cc(C)n(B(n2nc(C)cc2C)n2nc(C)cc2C)n1.Cc1cc(C)n(B(n2nc(C)cc2C)n2nc(C)cc2C)n1.[Se]c1ccccc1.[U]. The van der Waals surface area contributed by atoms with Gasteiger partial charge in [0.15, 0.2) is 0 Å². The average molecular weight is 986 g/mol. The second kappa shape index (κ2) is 17.3. The summed E-state index contributed by atoms with van der Waals surface area (Å²) in [5.41, 5.74) is 12.5. The van der Waals surface area contributed by atoms with Gasteiger partial charge in [0.2, 0.25) is 0 Å². The number of nitrogens with zero attached hydrogens (tertiary/aromatic N) is 12. The molecule has 0 amide bonds. The van der Waals surface area contributed by atoms with Gasteiger partial charge < -0.3 is 0 Å². The van der Waals surface area contributed by atoms with Crippen molar-refractivity contribution in [2.75, 3.05) is 0 Å². The summed E-state index contributed by atoms with van der Waals surface area (Å²) in [6.45, 7) is 24.4. The molecule has 0 unspecified atom stereocenters. The van der Waals surface area contributed by atoms with Crippen molar-refractivity contribution in [3.8, 4) is 0 Å². The van der Waals surface area contributed by atoms with E-state index in [1.165, 1.54) is 4.46 Å². The minimum atomic E-state index is -0.226. The maximum Gasteiger partial charge on any atom is 0 e. The molecule has 0 aliphatic heterocycles. The number of aromatic nitrogens is 12. The molecule has 12 nitrogen and oxygen atoms in total. The largest absolute Gasteiger partial charge is 0 e. The van der Waals surface area contributed by atoms with E-state index in [0.29, 0.717) is 0 Å². The molecular weight excluding hydrogens is 939 g/mol. The van der Waals surface area contributed by atoms with Crippen LogP contribution >= 0.6 is 0 Å². The molecule has 6 aromatic heterocycles. The summed E-state index contributed by atoms with van der Waals surface area (Å²) >= 11 is 2.90. The Kier molecular flexibility index (Phi) is 13.7. The first-order chi connectivity index (χ1) is 24.1. The predicted molar refractivity (Wildman–Crippen MR) is 206 cm³/mol. The first-order valence-electron chi connectivity index (χ1n) is 17.0. The minimum absolute atomic E-state index is 0. The van der Waals surface area contributed by atoms with Crippen LogP contribution in [0.25, 0.3) is 0 Å². The van der Waals surface area contributed by atoms with Gasteiger partial charge in [-0.05, 0) is 119 Å². The summed E-state index contributed by atoms with van der Waals surface area (Å²) in [6, 6.07) is 22.5. The summed E-state index contributed by atoms with van der Waals surface area (Å²) in [7, 11) is -0.452. The van der Waals surface area contributed by atoms with Crippen LogP contribution in [0.1, 0.15) is 68.3 Å². The molecule has 16 heteroatoms. The summed E-state index contributed by atoms with van der Waals surface area (Å²) in [4.78, 5) is 0. The van der Waals surface area contributed by atoms with Crippen molar-refractivity contribution in [1.29, 1.82) is 0 Å². The zero-order valence-electron chi connectivity index (χ0n) is 32.3. The van der Waals surface area contributed by atoms with E-state index in [1.54, 1.807) is 0 Å². The van der Waals surface area contributed by atoms with Crippen LogP contribution in [0.2, 0.25) is 0 Å². The molecule has 1 radical (unpaired) electrons. The monoisotopic (exact) mass is 987 g/mol. The molecule has 7 aromatic rings. The Morgan fingerprint density at radius 2 is 0.558 bits per heavy atom. The van der Waals surface area contributed by atoms with Crippen molar-refractivity contribution in [2.24, 2.45) is 0 Å². The Bertz CT molecular complexity index is 1880. The minimum Gasteiger partial charge on any atom is 0 e. The number of hydrogen-bond acceptors (Lipinski definition) is 6. The van der Waals surface area contributed by atoms with Crippen molar-refractivity contribution >= 4 is 34.7 Å². The third-order valence-electron chi connectivity index (χ3n) is 8.32. The zero-order chi connectivity index (χ0) is 37.1. The Morgan fingerprint density at radius 1 is 0.365 bits per heavy atom. The van der Waals surface area contributed by atoms with Gasteiger partial charge in [-0.2, -0.15) is 30.6 Å². The Hall–Kier alpha value is -3.82. The number of benzene rings is 1. The van der Waals surface area contributed by atoms with Crippen LogP contribution in [0.5, 0.6) is 0 Å². The van der Waals surface area contributed by atoms with Crippen molar-refractivity contribution in [3.05, 3.63) is 135 Å². The van der Waals surface area contributed by atoms with Gasteiger partial charge in [0, 0.05) is 65.3 Å². The second-order valence-electron chi connectivity index (χ2n) is 13.2. The molecule has 0 aliphatic rings. The molecule has 7 rings (SSSR count). The van der Waals surface area contributed by atoms with Crippen LogP contribution in [-0.2, 0) is 0 Å². The average Bonchev–Trinajstić information content (AvgIpc) is 3.88. The van der Waals surface area contributed by atoms with E-state index in [1.807, 2.05) is 99.4 Å². The summed E-state index contributed by atoms with van der Waals surface area (Å²) in [5.74, 6) is 0. The second-order valence-corrected chi connectivity index (χ2v) is 14.2. The van der Waals surface area contributed by atoms with Gasteiger partial charge in [0.05, 0.1) is 34.2 Å². The molecule has 0 N–H and O–H groups in total. The predicted octanol–water partition coefficient (Wildman–Crippen LogP) is 4.59. The molecule has 52 heavy (non-hydrogen) atoms. The topological polar surface area (TPSA) is 107 Å². The number of rotatable bonds is 6. The fourth-order valence-electron chi connectivity index (χ4n) is 6.32. The molecule has 0 saturated heterocycles. The van der Waals surface area contributed by atoms with Gasteiger partial charge >= 0.3 is 65.0 Å². The van der Waals surface area contributed by atoms with Crippen molar-refractivity contribution in [3.63, 3.8) is 0 Å². The van der Waals surface area contributed by atoms with Crippen LogP contribution in [0.3, 0.4) is 0 Å². The van der Waals surface area contributed by atoms with E-state index < -0.39 is 0 Å². The van der Waals surface area contributed by atoms with Crippen LogP contribution < -0.4 is 4.46 Å².